The summed E-state index contributed by atoms with van der Waals surface area (Å²) in [5.41, 5.74) is -0.793. The highest BCUT2D eigenvalue weighted by molar-refractivity contribution is 6.30. The van der Waals surface area contributed by atoms with Crippen LogP contribution in [-0.2, 0) is 9.53 Å². The third-order valence-corrected chi connectivity index (χ3v) is 7.35. The predicted molar refractivity (Wildman–Crippen MR) is 144 cm³/mol. The van der Waals surface area contributed by atoms with Gasteiger partial charge in [-0.1, -0.05) is 29.8 Å². The molecule has 8 nitrogen and oxygen atoms in total. The highest BCUT2D eigenvalue weighted by atomic mass is 35.5. The van der Waals surface area contributed by atoms with Crippen LogP contribution in [0.1, 0.15) is 17.0 Å². The maximum absolute atomic E-state index is 14.3. The molecule has 5 rings (SSSR count). The van der Waals surface area contributed by atoms with Crippen LogP contribution in [0.5, 0.6) is 5.75 Å². The molecule has 39 heavy (non-hydrogen) atoms. The molecule has 2 aromatic carbocycles. The first-order valence-corrected chi connectivity index (χ1v) is 13.3. The lowest BCUT2D eigenvalue weighted by atomic mass is 9.96. The Morgan fingerprint density at radius 3 is 2.56 bits per heavy atom. The molecule has 0 spiro atoms. The minimum Gasteiger partial charge on any atom is -0.490 e. The van der Waals surface area contributed by atoms with Crippen molar-refractivity contribution in [2.75, 3.05) is 59.5 Å². The Labute approximate surface area is 231 Å². The molecule has 2 fully saturated rings. The fourth-order valence-corrected chi connectivity index (χ4v) is 5.07. The maximum atomic E-state index is 14.3. The Morgan fingerprint density at radius 1 is 1.00 bits per heavy atom. The number of furan rings is 1. The highest BCUT2D eigenvalue weighted by Crippen LogP contribution is 2.29. The number of halogens is 2. The van der Waals surface area contributed by atoms with Gasteiger partial charge in [0.15, 0.2) is 5.76 Å². The van der Waals surface area contributed by atoms with Crippen LogP contribution in [0, 0.1) is 5.82 Å². The first-order chi connectivity index (χ1) is 18.8. The number of carbonyl (C=O) groups excluding carboxylic acids is 2. The minimum atomic E-state index is -1.07. The molecule has 2 saturated heterocycles. The van der Waals surface area contributed by atoms with Gasteiger partial charge < -0.3 is 28.6 Å². The van der Waals surface area contributed by atoms with E-state index in [-0.39, 0.29) is 55.1 Å². The predicted octanol–water partition coefficient (Wildman–Crippen LogP) is 4.19. The first kappa shape index (κ1) is 27.2. The standard InChI is InChI=1S/C29H31ClFN3O5/c1-32-11-13-33(14-12-32)27(35)18-29(20-37-22-6-4-5-21(30)17-22)19-34(15-16-38-29)28(36)26-10-9-25(39-26)23-7-2-3-8-24(23)31/h2-10,17H,11-16,18-20H2,1H3/t29-/m1/s1. The first-order valence-electron chi connectivity index (χ1n) is 12.9. The van der Waals surface area contributed by atoms with Crippen molar-refractivity contribution in [1.82, 2.24) is 14.7 Å². The van der Waals surface area contributed by atoms with E-state index >= 15 is 0 Å². The minimum absolute atomic E-state index is 0.0491. The van der Waals surface area contributed by atoms with Gasteiger partial charge in [0.25, 0.3) is 5.91 Å². The molecular weight excluding hydrogens is 525 g/mol. The summed E-state index contributed by atoms with van der Waals surface area (Å²) in [5, 5.41) is 0.528. The van der Waals surface area contributed by atoms with E-state index < -0.39 is 11.4 Å². The Bertz CT molecular complexity index is 1330. The van der Waals surface area contributed by atoms with Crippen LogP contribution in [-0.4, -0.2) is 91.6 Å². The smallest absolute Gasteiger partial charge is 0.289 e. The summed E-state index contributed by atoms with van der Waals surface area (Å²) in [6.07, 6.45) is 0.0552. The van der Waals surface area contributed by atoms with Crippen LogP contribution in [0.4, 0.5) is 4.39 Å². The number of amides is 2. The monoisotopic (exact) mass is 555 g/mol. The molecule has 10 heteroatoms. The second-order valence-electron chi connectivity index (χ2n) is 10.0. The zero-order valence-electron chi connectivity index (χ0n) is 21.8. The average Bonchev–Trinajstić information content (AvgIpc) is 3.42. The van der Waals surface area contributed by atoms with Gasteiger partial charge in [-0.3, -0.25) is 9.59 Å². The lowest BCUT2D eigenvalue weighted by molar-refractivity contribution is -0.154. The van der Waals surface area contributed by atoms with Gasteiger partial charge in [0, 0.05) is 37.7 Å². The van der Waals surface area contributed by atoms with Gasteiger partial charge in [0.05, 0.1) is 25.1 Å². The van der Waals surface area contributed by atoms with Gasteiger partial charge in [-0.2, -0.15) is 0 Å². The van der Waals surface area contributed by atoms with Crippen molar-refractivity contribution in [3.8, 4) is 17.1 Å². The molecule has 0 radical (unpaired) electrons. The zero-order chi connectivity index (χ0) is 27.4. The largest absolute Gasteiger partial charge is 0.490 e. The topological polar surface area (TPSA) is 75.5 Å². The fraction of sp³-hybridized carbons (Fsp3) is 0.379. The van der Waals surface area contributed by atoms with Crippen LogP contribution < -0.4 is 4.74 Å². The van der Waals surface area contributed by atoms with Crippen LogP contribution in [0.15, 0.2) is 65.1 Å². The van der Waals surface area contributed by atoms with Crippen molar-refractivity contribution in [2.24, 2.45) is 0 Å². The van der Waals surface area contributed by atoms with E-state index in [1.807, 2.05) is 11.9 Å². The summed E-state index contributed by atoms with van der Waals surface area (Å²) >= 11 is 6.12. The number of nitrogens with zero attached hydrogens (tertiary/aromatic N) is 3. The SMILES string of the molecule is CN1CCN(C(=O)C[C@]2(COc3cccc(Cl)c3)CN(C(=O)c3ccc(-c4ccccc4F)o3)CCO2)CC1. The van der Waals surface area contributed by atoms with Gasteiger partial charge in [0.2, 0.25) is 5.91 Å². The van der Waals surface area contributed by atoms with Crippen molar-refractivity contribution in [3.63, 3.8) is 0 Å². The molecule has 206 valence electrons. The van der Waals surface area contributed by atoms with Crippen LogP contribution in [0.25, 0.3) is 11.3 Å². The van der Waals surface area contributed by atoms with E-state index in [0.29, 0.717) is 30.4 Å². The molecule has 2 aliphatic rings. The molecule has 1 atom stereocenters. The van der Waals surface area contributed by atoms with Crippen LogP contribution in [0.3, 0.4) is 0 Å². The maximum Gasteiger partial charge on any atom is 0.289 e. The molecule has 2 aliphatic heterocycles. The number of ether oxygens (including phenoxy) is 2. The molecule has 3 heterocycles. The Kier molecular flexibility index (Phi) is 8.20. The molecular formula is C29H31ClFN3O5. The second-order valence-corrected chi connectivity index (χ2v) is 10.4. The molecule has 1 aromatic heterocycles. The average molecular weight is 556 g/mol. The van der Waals surface area contributed by atoms with Crippen molar-refractivity contribution < 1.29 is 27.9 Å². The number of morpholine rings is 1. The van der Waals surface area contributed by atoms with Crippen LogP contribution >= 0.6 is 11.6 Å². The number of benzene rings is 2. The summed E-state index contributed by atoms with van der Waals surface area (Å²) in [6.45, 7) is 3.58. The van der Waals surface area contributed by atoms with E-state index in [1.165, 1.54) is 6.07 Å². The fourth-order valence-electron chi connectivity index (χ4n) is 4.89. The normalized spacial score (nSPS) is 20.2. The summed E-state index contributed by atoms with van der Waals surface area (Å²) in [6, 6.07) is 16.4. The van der Waals surface area contributed by atoms with Crippen molar-refractivity contribution in [3.05, 3.63) is 77.3 Å². The highest BCUT2D eigenvalue weighted by Gasteiger charge is 2.43. The molecule has 0 bridgehead atoms. The summed E-state index contributed by atoms with van der Waals surface area (Å²) in [4.78, 5) is 32.5. The Balaban J connectivity index is 1.35. The Morgan fingerprint density at radius 2 is 1.79 bits per heavy atom. The van der Waals surface area contributed by atoms with Crippen molar-refractivity contribution in [1.29, 1.82) is 0 Å². The van der Waals surface area contributed by atoms with Gasteiger partial charge in [-0.05, 0) is 49.5 Å². The summed E-state index contributed by atoms with van der Waals surface area (Å²) in [5.74, 6) is 0.0565. The van der Waals surface area contributed by atoms with Gasteiger partial charge >= 0.3 is 0 Å². The van der Waals surface area contributed by atoms with Gasteiger partial charge in [-0.25, -0.2) is 4.39 Å². The Hall–Kier alpha value is -3.40. The van der Waals surface area contributed by atoms with E-state index in [1.54, 1.807) is 59.5 Å². The molecule has 0 aliphatic carbocycles. The van der Waals surface area contributed by atoms with Crippen molar-refractivity contribution >= 4 is 23.4 Å². The number of piperazine rings is 1. The molecule has 0 N–H and O–H groups in total. The number of hydrogen-bond donors (Lipinski definition) is 0. The summed E-state index contributed by atoms with van der Waals surface area (Å²) in [7, 11) is 2.03. The van der Waals surface area contributed by atoms with E-state index in [2.05, 4.69) is 4.90 Å². The van der Waals surface area contributed by atoms with Crippen LogP contribution in [0.2, 0.25) is 5.02 Å². The second kappa shape index (κ2) is 11.8. The van der Waals surface area contributed by atoms with Gasteiger partial charge in [-0.15, -0.1) is 0 Å². The van der Waals surface area contributed by atoms with Crippen molar-refractivity contribution in [2.45, 2.75) is 12.0 Å². The molecule has 2 amide bonds. The lowest BCUT2D eigenvalue weighted by Gasteiger charge is -2.43. The van der Waals surface area contributed by atoms with E-state index in [0.717, 1.165) is 13.1 Å². The zero-order valence-corrected chi connectivity index (χ0v) is 22.5. The number of likely N-dealkylation sites (N-methyl/N-ethyl adjacent to an activating group) is 1. The van der Waals surface area contributed by atoms with E-state index in [9.17, 15) is 14.0 Å². The third kappa shape index (κ3) is 6.43. The molecule has 3 aromatic rings. The molecule has 0 unspecified atom stereocenters. The van der Waals surface area contributed by atoms with E-state index in [4.69, 9.17) is 25.5 Å². The lowest BCUT2D eigenvalue weighted by Crippen LogP contribution is -2.59. The quantitative estimate of drug-likeness (QED) is 0.435. The number of hydrogen-bond acceptors (Lipinski definition) is 6. The van der Waals surface area contributed by atoms with Gasteiger partial charge in [0.1, 0.15) is 29.5 Å². The third-order valence-electron chi connectivity index (χ3n) is 7.12. The molecule has 0 saturated carbocycles. The number of carbonyl (C=O) groups is 2. The number of rotatable bonds is 7. The summed E-state index contributed by atoms with van der Waals surface area (Å²) < 4.78 is 32.3.